The van der Waals surface area contributed by atoms with Gasteiger partial charge in [0.2, 0.25) is 0 Å². The molecule has 0 unspecified atom stereocenters. The van der Waals surface area contributed by atoms with E-state index in [1.807, 2.05) is 13.0 Å². The van der Waals surface area contributed by atoms with Crippen molar-refractivity contribution < 1.29 is 0 Å². The highest BCUT2D eigenvalue weighted by atomic mass is 14.8. The fourth-order valence-electron chi connectivity index (χ4n) is 0.686. The lowest BCUT2D eigenvalue weighted by atomic mass is 10.2. The van der Waals surface area contributed by atoms with Crippen LogP contribution in [0.5, 0.6) is 0 Å². The zero-order valence-electron chi connectivity index (χ0n) is 5.91. The number of aromatic nitrogens is 1. The lowest BCUT2D eigenvalue weighted by Gasteiger charge is -2.02. The molecule has 1 heterocycles. The minimum Gasteiger partial charge on any atom is -0.397 e. The lowest BCUT2D eigenvalue weighted by Crippen LogP contribution is -2.06. The Morgan fingerprint density at radius 2 is 2.20 bits per heavy atom. The van der Waals surface area contributed by atoms with Crippen LogP contribution in [0.25, 0.3) is 0 Å². The summed E-state index contributed by atoms with van der Waals surface area (Å²) in [6, 6.07) is 3.62. The first kappa shape index (κ1) is 7.02. The molecular weight excluding hydrogens is 126 g/mol. The van der Waals surface area contributed by atoms with Crippen LogP contribution in [0.15, 0.2) is 18.3 Å². The van der Waals surface area contributed by atoms with Gasteiger partial charge in [-0.25, -0.2) is 0 Å². The van der Waals surface area contributed by atoms with E-state index in [0.717, 1.165) is 5.69 Å². The van der Waals surface area contributed by atoms with Crippen molar-refractivity contribution in [1.29, 1.82) is 0 Å². The van der Waals surface area contributed by atoms with Crippen LogP contribution in [0.1, 0.15) is 18.7 Å². The Balaban J connectivity index is 2.89. The van der Waals surface area contributed by atoms with E-state index in [9.17, 15) is 0 Å². The molecule has 3 heteroatoms. The molecule has 10 heavy (non-hydrogen) atoms. The summed E-state index contributed by atoms with van der Waals surface area (Å²) in [5, 5.41) is 0. The van der Waals surface area contributed by atoms with E-state index < -0.39 is 0 Å². The van der Waals surface area contributed by atoms with Gasteiger partial charge in [0, 0.05) is 6.04 Å². The maximum absolute atomic E-state index is 5.56. The molecule has 1 aromatic rings. The zero-order valence-corrected chi connectivity index (χ0v) is 5.91. The van der Waals surface area contributed by atoms with Gasteiger partial charge in [0.05, 0.1) is 17.6 Å². The SMILES string of the molecule is C[C@@H](N)c1ccc(N)cn1. The third kappa shape index (κ3) is 1.45. The molecule has 0 aromatic carbocycles. The normalized spacial score (nSPS) is 13.0. The van der Waals surface area contributed by atoms with Crippen LogP contribution < -0.4 is 11.5 Å². The number of rotatable bonds is 1. The predicted molar refractivity (Wildman–Crippen MR) is 41.3 cm³/mol. The Bertz CT molecular complexity index is 203. The average Bonchev–Trinajstić information content (AvgIpc) is 1.88. The Morgan fingerprint density at radius 3 is 2.60 bits per heavy atom. The number of hydrogen-bond acceptors (Lipinski definition) is 3. The van der Waals surface area contributed by atoms with E-state index in [2.05, 4.69) is 4.98 Å². The predicted octanol–water partition coefficient (Wildman–Crippen LogP) is 0.684. The molecule has 1 aromatic heterocycles. The van der Waals surface area contributed by atoms with Crippen molar-refractivity contribution in [3.63, 3.8) is 0 Å². The van der Waals surface area contributed by atoms with Gasteiger partial charge in [-0.1, -0.05) is 0 Å². The van der Waals surface area contributed by atoms with Gasteiger partial charge >= 0.3 is 0 Å². The van der Waals surface area contributed by atoms with Crippen LogP contribution >= 0.6 is 0 Å². The second-order valence-corrected chi connectivity index (χ2v) is 2.31. The summed E-state index contributed by atoms with van der Waals surface area (Å²) in [5.41, 5.74) is 12.5. The van der Waals surface area contributed by atoms with Gasteiger partial charge in [0.25, 0.3) is 0 Å². The summed E-state index contributed by atoms with van der Waals surface area (Å²) >= 11 is 0. The molecule has 1 rings (SSSR count). The molecule has 0 aliphatic rings. The number of anilines is 1. The van der Waals surface area contributed by atoms with E-state index in [4.69, 9.17) is 11.5 Å². The summed E-state index contributed by atoms with van der Waals surface area (Å²) in [4.78, 5) is 4.03. The molecule has 0 aliphatic heterocycles. The van der Waals surface area contributed by atoms with Crippen LogP contribution in [0, 0.1) is 0 Å². The topological polar surface area (TPSA) is 64.9 Å². The highest BCUT2D eigenvalue weighted by Gasteiger charge is 1.97. The van der Waals surface area contributed by atoms with Gasteiger partial charge in [-0.05, 0) is 19.1 Å². The zero-order chi connectivity index (χ0) is 7.56. The molecule has 0 aliphatic carbocycles. The maximum atomic E-state index is 5.56. The van der Waals surface area contributed by atoms with Crippen molar-refractivity contribution in [2.75, 3.05) is 5.73 Å². The van der Waals surface area contributed by atoms with Crippen LogP contribution in [0.2, 0.25) is 0 Å². The van der Waals surface area contributed by atoms with Crippen LogP contribution in [-0.4, -0.2) is 4.98 Å². The van der Waals surface area contributed by atoms with Crippen molar-refractivity contribution in [1.82, 2.24) is 4.98 Å². The Hall–Kier alpha value is -1.09. The third-order valence-electron chi connectivity index (χ3n) is 1.28. The van der Waals surface area contributed by atoms with E-state index in [1.165, 1.54) is 0 Å². The fraction of sp³-hybridized carbons (Fsp3) is 0.286. The molecule has 54 valence electrons. The molecule has 0 bridgehead atoms. The lowest BCUT2D eigenvalue weighted by molar-refractivity contribution is 0.782. The monoisotopic (exact) mass is 137 g/mol. The summed E-state index contributed by atoms with van der Waals surface area (Å²) in [7, 11) is 0. The van der Waals surface area contributed by atoms with E-state index in [-0.39, 0.29) is 6.04 Å². The Morgan fingerprint density at radius 1 is 1.50 bits per heavy atom. The Kier molecular flexibility index (Phi) is 1.87. The van der Waals surface area contributed by atoms with Crippen LogP contribution in [0.3, 0.4) is 0 Å². The van der Waals surface area contributed by atoms with E-state index >= 15 is 0 Å². The summed E-state index contributed by atoms with van der Waals surface area (Å²) in [5.74, 6) is 0. The van der Waals surface area contributed by atoms with Gasteiger partial charge in [-0.15, -0.1) is 0 Å². The second kappa shape index (κ2) is 2.66. The van der Waals surface area contributed by atoms with Crippen molar-refractivity contribution in [3.05, 3.63) is 24.0 Å². The molecule has 0 saturated carbocycles. The molecule has 0 fully saturated rings. The quantitative estimate of drug-likeness (QED) is 0.598. The summed E-state index contributed by atoms with van der Waals surface area (Å²) < 4.78 is 0. The minimum absolute atomic E-state index is 0.0133. The van der Waals surface area contributed by atoms with E-state index in [1.54, 1.807) is 12.3 Å². The molecule has 4 N–H and O–H groups in total. The minimum atomic E-state index is -0.0133. The molecule has 1 atom stereocenters. The maximum Gasteiger partial charge on any atom is 0.0569 e. The molecule has 0 spiro atoms. The average molecular weight is 137 g/mol. The van der Waals surface area contributed by atoms with Crippen LogP contribution in [-0.2, 0) is 0 Å². The summed E-state index contributed by atoms with van der Waals surface area (Å²) in [6.45, 7) is 1.89. The van der Waals surface area contributed by atoms with Crippen LogP contribution in [0.4, 0.5) is 5.69 Å². The third-order valence-corrected chi connectivity index (χ3v) is 1.28. The standard InChI is InChI=1S/C7H11N3/c1-5(8)7-3-2-6(9)4-10-7/h2-5H,8-9H2,1H3/t5-/m1/s1. The molecule has 0 amide bonds. The number of hydrogen-bond donors (Lipinski definition) is 2. The number of nitrogen functional groups attached to an aromatic ring is 1. The number of nitrogens with two attached hydrogens (primary N) is 2. The van der Waals surface area contributed by atoms with Gasteiger partial charge in [-0.3, -0.25) is 4.98 Å². The molecule has 0 saturated heterocycles. The molecular formula is C7H11N3. The van der Waals surface area contributed by atoms with Crippen molar-refractivity contribution in [2.24, 2.45) is 5.73 Å². The molecule has 3 nitrogen and oxygen atoms in total. The first-order valence-corrected chi connectivity index (χ1v) is 3.17. The fourth-order valence-corrected chi connectivity index (χ4v) is 0.686. The smallest absolute Gasteiger partial charge is 0.0569 e. The van der Waals surface area contributed by atoms with Crippen molar-refractivity contribution in [3.8, 4) is 0 Å². The molecule has 0 radical (unpaired) electrons. The van der Waals surface area contributed by atoms with Gasteiger partial charge in [-0.2, -0.15) is 0 Å². The van der Waals surface area contributed by atoms with Gasteiger partial charge in [0.1, 0.15) is 0 Å². The summed E-state index contributed by atoms with van der Waals surface area (Å²) in [6.07, 6.45) is 1.61. The number of nitrogens with zero attached hydrogens (tertiary/aromatic N) is 1. The van der Waals surface area contributed by atoms with E-state index in [0.29, 0.717) is 5.69 Å². The number of pyridine rings is 1. The largest absolute Gasteiger partial charge is 0.397 e. The first-order valence-electron chi connectivity index (χ1n) is 3.17. The van der Waals surface area contributed by atoms with Gasteiger partial charge in [0.15, 0.2) is 0 Å². The second-order valence-electron chi connectivity index (χ2n) is 2.31. The highest BCUT2D eigenvalue weighted by Crippen LogP contribution is 2.06. The van der Waals surface area contributed by atoms with Crippen molar-refractivity contribution >= 4 is 5.69 Å². The van der Waals surface area contributed by atoms with Gasteiger partial charge < -0.3 is 11.5 Å². The highest BCUT2D eigenvalue weighted by molar-refractivity contribution is 5.34. The Labute approximate surface area is 60.1 Å². The first-order chi connectivity index (χ1) is 4.70. The van der Waals surface area contributed by atoms with Crippen molar-refractivity contribution in [2.45, 2.75) is 13.0 Å².